The van der Waals surface area contributed by atoms with E-state index in [0.717, 1.165) is 11.4 Å². The molecular formula is C16H11NO2S2. The van der Waals surface area contributed by atoms with Crippen LogP contribution in [0.15, 0.2) is 70.2 Å². The van der Waals surface area contributed by atoms with Gasteiger partial charge in [-0.25, -0.2) is 0 Å². The van der Waals surface area contributed by atoms with E-state index in [-0.39, 0.29) is 5.91 Å². The number of benzene rings is 1. The van der Waals surface area contributed by atoms with Crippen molar-refractivity contribution in [3.05, 3.63) is 71.5 Å². The maximum absolute atomic E-state index is 12.4. The Kier molecular flexibility index (Phi) is 4.03. The third-order valence-corrected chi connectivity index (χ3v) is 4.18. The van der Waals surface area contributed by atoms with E-state index in [1.54, 1.807) is 29.4 Å². The molecule has 1 fully saturated rings. The molecule has 0 unspecified atom stereocenters. The SMILES string of the molecule is O=C1/C(=C/C=C/c2ccco2)SC(=S)N1c1ccccc1. The predicted octanol–water partition coefficient (Wildman–Crippen LogP) is 4.24. The lowest BCUT2D eigenvalue weighted by Gasteiger charge is -2.13. The molecule has 21 heavy (non-hydrogen) atoms. The molecule has 1 aliphatic rings. The van der Waals surface area contributed by atoms with Crippen LogP contribution in [0.4, 0.5) is 5.69 Å². The fourth-order valence-corrected chi connectivity index (χ4v) is 3.15. The van der Waals surface area contributed by atoms with Gasteiger partial charge in [0, 0.05) is 0 Å². The number of thiocarbonyl (C=S) groups is 1. The maximum atomic E-state index is 12.4. The van der Waals surface area contributed by atoms with Crippen molar-refractivity contribution >= 4 is 46.0 Å². The Labute approximate surface area is 131 Å². The molecular weight excluding hydrogens is 302 g/mol. The van der Waals surface area contributed by atoms with Crippen LogP contribution in [0.2, 0.25) is 0 Å². The fourth-order valence-electron chi connectivity index (χ4n) is 1.90. The molecule has 5 heteroatoms. The van der Waals surface area contributed by atoms with Crippen molar-refractivity contribution in [1.82, 2.24) is 0 Å². The Morgan fingerprint density at radius 2 is 1.95 bits per heavy atom. The molecule has 1 amide bonds. The van der Waals surface area contributed by atoms with Gasteiger partial charge in [0.2, 0.25) is 0 Å². The van der Waals surface area contributed by atoms with Gasteiger partial charge in [0.15, 0.2) is 4.32 Å². The van der Waals surface area contributed by atoms with Gasteiger partial charge in [-0.2, -0.15) is 0 Å². The van der Waals surface area contributed by atoms with Crippen molar-refractivity contribution in [2.45, 2.75) is 0 Å². The average Bonchev–Trinajstić information content (AvgIpc) is 3.09. The van der Waals surface area contributed by atoms with Gasteiger partial charge >= 0.3 is 0 Å². The molecule has 0 bridgehead atoms. The van der Waals surface area contributed by atoms with Crippen LogP contribution in [-0.4, -0.2) is 10.2 Å². The molecule has 0 spiro atoms. The van der Waals surface area contributed by atoms with E-state index in [0.29, 0.717) is 9.23 Å². The van der Waals surface area contributed by atoms with E-state index in [1.807, 2.05) is 42.5 Å². The molecule has 0 atom stereocenters. The zero-order valence-electron chi connectivity index (χ0n) is 10.9. The Hall–Kier alpha value is -2.11. The van der Waals surface area contributed by atoms with Crippen LogP contribution >= 0.6 is 24.0 Å². The molecule has 2 heterocycles. The number of hydrogen-bond donors (Lipinski definition) is 0. The molecule has 1 aromatic carbocycles. The van der Waals surface area contributed by atoms with Gasteiger partial charge in [-0.15, -0.1) is 0 Å². The Morgan fingerprint density at radius 1 is 1.14 bits per heavy atom. The molecule has 0 radical (unpaired) electrons. The predicted molar refractivity (Wildman–Crippen MR) is 89.9 cm³/mol. The van der Waals surface area contributed by atoms with Crippen LogP contribution < -0.4 is 4.90 Å². The fraction of sp³-hybridized carbons (Fsp3) is 0. The van der Waals surface area contributed by atoms with E-state index < -0.39 is 0 Å². The van der Waals surface area contributed by atoms with E-state index in [9.17, 15) is 4.79 Å². The highest BCUT2D eigenvalue weighted by atomic mass is 32.2. The summed E-state index contributed by atoms with van der Waals surface area (Å²) >= 11 is 6.59. The van der Waals surface area contributed by atoms with Crippen molar-refractivity contribution in [2.75, 3.05) is 4.90 Å². The zero-order chi connectivity index (χ0) is 14.7. The Balaban J connectivity index is 1.80. The largest absolute Gasteiger partial charge is 0.465 e. The van der Waals surface area contributed by atoms with E-state index in [2.05, 4.69) is 0 Å². The third-order valence-electron chi connectivity index (χ3n) is 2.86. The van der Waals surface area contributed by atoms with Gasteiger partial charge in [-0.05, 0) is 36.4 Å². The molecule has 0 saturated carbocycles. The summed E-state index contributed by atoms with van der Waals surface area (Å²) in [5.74, 6) is 0.644. The second kappa shape index (κ2) is 6.11. The summed E-state index contributed by atoms with van der Waals surface area (Å²) < 4.78 is 5.74. The zero-order valence-corrected chi connectivity index (χ0v) is 12.6. The number of para-hydroxylation sites is 1. The quantitative estimate of drug-likeness (QED) is 0.627. The monoisotopic (exact) mass is 313 g/mol. The maximum Gasteiger partial charge on any atom is 0.270 e. The van der Waals surface area contributed by atoms with E-state index >= 15 is 0 Å². The lowest BCUT2D eigenvalue weighted by molar-refractivity contribution is -0.113. The molecule has 1 aromatic heterocycles. The van der Waals surface area contributed by atoms with Gasteiger partial charge in [0.1, 0.15) is 5.76 Å². The number of hydrogen-bond acceptors (Lipinski definition) is 4. The lowest BCUT2D eigenvalue weighted by atomic mass is 10.3. The number of amides is 1. The summed E-state index contributed by atoms with van der Waals surface area (Å²) in [7, 11) is 0. The number of allylic oxidation sites excluding steroid dienone is 2. The number of carbonyl (C=O) groups is 1. The van der Waals surface area contributed by atoms with Crippen molar-refractivity contribution < 1.29 is 9.21 Å². The standard InChI is InChI=1S/C16H11NO2S2/c18-15-14(10-4-8-13-9-5-11-19-13)21-16(20)17(15)12-6-2-1-3-7-12/h1-11H/b8-4+,14-10-. The number of nitrogens with zero attached hydrogens (tertiary/aromatic N) is 1. The summed E-state index contributed by atoms with van der Waals surface area (Å²) in [4.78, 5) is 14.6. The van der Waals surface area contributed by atoms with Gasteiger partial charge in [-0.1, -0.05) is 48.3 Å². The van der Waals surface area contributed by atoms with E-state index in [4.69, 9.17) is 16.6 Å². The first kappa shape index (κ1) is 13.9. The van der Waals surface area contributed by atoms with Crippen molar-refractivity contribution in [2.24, 2.45) is 0 Å². The lowest BCUT2D eigenvalue weighted by Crippen LogP contribution is -2.27. The summed E-state index contributed by atoms with van der Waals surface area (Å²) in [6.07, 6.45) is 6.95. The second-order valence-corrected chi connectivity index (χ2v) is 5.93. The van der Waals surface area contributed by atoms with Crippen molar-refractivity contribution in [3.63, 3.8) is 0 Å². The van der Waals surface area contributed by atoms with Gasteiger partial charge in [-0.3, -0.25) is 9.69 Å². The van der Waals surface area contributed by atoms with Crippen LogP contribution in [0.5, 0.6) is 0 Å². The summed E-state index contributed by atoms with van der Waals surface area (Å²) in [5.41, 5.74) is 0.790. The third kappa shape index (κ3) is 2.99. The van der Waals surface area contributed by atoms with Crippen LogP contribution in [0.25, 0.3) is 6.08 Å². The average molecular weight is 313 g/mol. The first-order valence-corrected chi connectivity index (χ1v) is 7.51. The highest BCUT2D eigenvalue weighted by Crippen LogP contribution is 2.34. The van der Waals surface area contributed by atoms with Gasteiger partial charge in [0.25, 0.3) is 5.91 Å². The minimum Gasteiger partial charge on any atom is -0.465 e. The molecule has 3 rings (SSSR count). The number of anilines is 1. The normalized spacial score (nSPS) is 17.3. The van der Waals surface area contributed by atoms with Gasteiger partial charge < -0.3 is 4.42 Å². The Morgan fingerprint density at radius 3 is 2.67 bits per heavy atom. The van der Waals surface area contributed by atoms with E-state index in [1.165, 1.54) is 11.8 Å². The van der Waals surface area contributed by atoms with Crippen LogP contribution in [-0.2, 0) is 4.79 Å². The Bertz CT molecular complexity index is 718. The molecule has 1 saturated heterocycles. The van der Waals surface area contributed by atoms with Crippen molar-refractivity contribution in [1.29, 1.82) is 0 Å². The smallest absolute Gasteiger partial charge is 0.270 e. The first-order chi connectivity index (χ1) is 10.3. The summed E-state index contributed by atoms with van der Waals surface area (Å²) in [5, 5.41) is 0. The summed E-state index contributed by atoms with van der Waals surface area (Å²) in [6, 6.07) is 13.1. The molecule has 1 aliphatic heterocycles. The molecule has 0 aliphatic carbocycles. The minimum atomic E-state index is -0.0969. The molecule has 3 nitrogen and oxygen atoms in total. The van der Waals surface area contributed by atoms with Crippen LogP contribution in [0.3, 0.4) is 0 Å². The second-order valence-electron chi connectivity index (χ2n) is 4.25. The summed E-state index contributed by atoms with van der Waals surface area (Å²) in [6.45, 7) is 0. The highest BCUT2D eigenvalue weighted by molar-refractivity contribution is 8.27. The molecule has 2 aromatic rings. The number of carbonyl (C=O) groups excluding carboxylic acids is 1. The molecule has 0 N–H and O–H groups in total. The first-order valence-electron chi connectivity index (χ1n) is 6.29. The number of rotatable bonds is 3. The minimum absolute atomic E-state index is 0.0969. The number of thioether (sulfide) groups is 1. The van der Waals surface area contributed by atoms with Crippen LogP contribution in [0.1, 0.15) is 5.76 Å². The van der Waals surface area contributed by atoms with Crippen LogP contribution in [0, 0.1) is 0 Å². The van der Waals surface area contributed by atoms with Gasteiger partial charge in [0.05, 0.1) is 16.9 Å². The topological polar surface area (TPSA) is 33.5 Å². The highest BCUT2D eigenvalue weighted by Gasteiger charge is 2.32. The molecule has 104 valence electrons. The number of furan rings is 1. The van der Waals surface area contributed by atoms with Crippen molar-refractivity contribution in [3.8, 4) is 0 Å².